The fourth-order valence-electron chi connectivity index (χ4n) is 6.20. The van der Waals surface area contributed by atoms with Crippen LogP contribution in [-0.2, 0) is 9.59 Å². The van der Waals surface area contributed by atoms with E-state index in [2.05, 4.69) is 12.2 Å². The number of nitrogens with zero attached hydrogens (tertiary/aromatic N) is 2. The van der Waals surface area contributed by atoms with Gasteiger partial charge in [-0.25, -0.2) is 0 Å². The first-order valence-corrected chi connectivity index (χ1v) is 12.0. The minimum atomic E-state index is -0.384. The minimum Gasteiger partial charge on any atom is -0.289 e. The molecule has 2 aromatic rings. The van der Waals surface area contributed by atoms with Crippen LogP contribution in [0.3, 0.4) is 0 Å². The van der Waals surface area contributed by atoms with Crippen LogP contribution in [0.5, 0.6) is 0 Å². The number of halogens is 2. The van der Waals surface area contributed by atoms with Crippen molar-refractivity contribution in [2.45, 2.75) is 13.3 Å². The van der Waals surface area contributed by atoms with Gasteiger partial charge in [0.1, 0.15) is 6.67 Å². The molecule has 3 amide bonds. The van der Waals surface area contributed by atoms with Crippen LogP contribution in [0.1, 0.15) is 22.3 Å². The maximum atomic E-state index is 13.7. The lowest BCUT2D eigenvalue weighted by Gasteiger charge is -2.37. The Bertz CT molecular complexity index is 1210. The van der Waals surface area contributed by atoms with Gasteiger partial charge >= 0.3 is 0 Å². The number of hydrogen-bond donors (Lipinski definition) is 0. The van der Waals surface area contributed by atoms with E-state index in [0.29, 0.717) is 33.1 Å². The Balaban J connectivity index is 1.38. The van der Waals surface area contributed by atoms with Crippen LogP contribution in [0.2, 0.25) is 10.0 Å². The number of allylic oxidation sites excluding steroid dienone is 2. The number of amides is 3. The summed E-state index contributed by atoms with van der Waals surface area (Å²) in [6.07, 6.45) is 5.39. The van der Waals surface area contributed by atoms with E-state index in [1.165, 1.54) is 9.80 Å². The molecule has 4 aliphatic carbocycles. The summed E-state index contributed by atoms with van der Waals surface area (Å²) in [5.41, 5.74) is 1.66. The Labute approximate surface area is 201 Å². The number of likely N-dealkylation sites (tertiary alicyclic amines) is 1. The quantitative estimate of drug-likeness (QED) is 0.458. The van der Waals surface area contributed by atoms with Crippen LogP contribution in [0.4, 0.5) is 5.69 Å². The van der Waals surface area contributed by atoms with Gasteiger partial charge in [-0.05, 0) is 66.8 Å². The number of carbonyl (C=O) groups excluding carboxylic acids is 3. The van der Waals surface area contributed by atoms with E-state index >= 15 is 0 Å². The average molecular weight is 481 g/mol. The molecule has 6 unspecified atom stereocenters. The number of imide groups is 1. The summed E-state index contributed by atoms with van der Waals surface area (Å²) in [7, 11) is 0. The lowest BCUT2D eigenvalue weighted by molar-refractivity contribution is -0.140. The number of anilines is 1. The molecule has 1 aliphatic heterocycles. The Morgan fingerprint density at radius 3 is 2.27 bits per heavy atom. The number of carbonyl (C=O) groups is 3. The molecule has 5 aliphatic rings. The normalized spacial score (nSPS) is 30.9. The van der Waals surface area contributed by atoms with Crippen LogP contribution in [0.15, 0.2) is 54.6 Å². The van der Waals surface area contributed by atoms with Crippen LogP contribution < -0.4 is 4.90 Å². The molecule has 0 radical (unpaired) electrons. The van der Waals surface area contributed by atoms with Gasteiger partial charge in [0.15, 0.2) is 0 Å². The van der Waals surface area contributed by atoms with Crippen molar-refractivity contribution >= 4 is 46.6 Å². The maximum absolute atomic E-state index is 13.7. The highest BCUT2D eigenvalue weighted by Gasteiger charge is 2.67. The fourth-order valence-corrected chi connectivity index (χ4v) is 6.59. The standard InChI is InChI=1S/C26H22Cl2N2O3/c1-13-6-7-14(27)10-21(13)29(24(31)17-4-2-3-5-20(17)28)12-30-25(32)22-15-8-9-16(19-11-18(15)19)23(22)26(30)33/h2-10,15-16,18-19,22-23H,11-12H2,1H3. The zero-order chi connectivity index (χ0) is 23.0. The molecule has 2 aromatic carbocycles. The van der Waals surface area contributed by atoms with Gasteiger partial charge in [0.2, 0.25) is 11.8 Å². The first-order chi connectivity index (χ1) is 15.9. The molecular weight excluding hydrogens is 459 g/mol. The van der Waals surface area contributed by atoms with Crippen LogP contribution in [-0.4, -0.2) is 29.3 Å². The number of benzene rings is 2. The van der Waals surface area contributed by atoms with Crippen LogP contribution >= 0.6 is 23.2 Å². The van der Waals surface area contributed by atoms with Gasteiger partial charge in [-0.2, -0.15) is 0 Å². The summed E-state index contributed by atoms with van der Waals surface area (Å²) >= 11 is 12.6. The second kappa shape index (κ2) is 7.44. The molecule has 0 N–H and O–H groups in total. The second-order valence-corrected chi connectivity index (χ2v) is 10.4. The number of rotatable bonds is 4. The van der Waals surface area contributed by atoms with Gasteiger partial charge in [0.05, 0.1) is 28.1 Å². The monoisotopic (exact) mass is 480 g/mol. The average Bonchev–Trinajstić information content (AvgIpc) is 3.59. The zero-order valence-electron chi connectivity index (χ0n) is 17.9. The molecule has 1 saturated heterocycles. The third-order valence-electron chi connectivity index (χ3n) is 7.85. The number of aryl methyl sites for hydroxylation is 1. The van der Waals surface area contributed by atoms with E-state index in [1.54, 1.807) is 36.4 Å². The lowest BCUT2D eigenvalue weighted by atomic mass is 9.63. The first kappa shape index (κ1) is 20.9. The lowest BCUT2D eigenvalue weighted by Crippen LogP contribution is -2.45. The van der Waals surface area contributed by atoms with Crippen molar-refractivity contribution in [3.63, 3.8) is 0 Å². The van der Waals surface area contributed by atoms with Crippen LogP contribution in [0, 0.1) is 42.4 Å². The van der Waals surface area contributed by atoms with Crippen molar-refractivity contribution in [1.82, 2.24) is 4.90 Å². The molecular formula is C26H22Cl2N2O3. The summed E-state index contributed by atoms with van der Waals surface area (Å²) in [5, 5.41) is 0.768. The van der Waals surface area contributed by atoms with Crippen molar-refractivity contribution in [1.29, 1.82) is 0 Å². The molecule has 168 valence electrons. The third-order valence-corrected chi connectivity index (χ3v) is 8.41. The molecule has 7 rings (SSSR count). The molecule has 5 nitrogen and oxygen atoms in total. The predicted molar refractivity (Wildman–Crippen MR) is 126 cm³/mol. The van der Waals surface area contributed by atoms with Crippen molar-refractivity contribution in [3.05, 3.63) is 75.8 Å². The molecule has 6 atom stereocenters. The molecule has 0 aromatic heterocycles. The van der Waals surface area contributed by atoms with Gasteiger partial charge in [-0.15, -0.1) is 0 Å². The zero-order valence-corrected chi connectivity index (χ0v) is 19.5. The van der Waals surface area contributed by atoms with E-state index < -0.39 is 0 Å². The van der Waals surface area contributed by atoms with Gasteiger partial charge in [-0.3, -0.25) is 24.2 Å². The highest BCUT2D eigenvalue weighted by atomic mass is 35.5. The molecule has 2 bridgehead atoms. The van der Waals surface area contributed by atoms with Crippen LogP contribution in [0.25, 0.3) is 0 Å². The van der Waals surface area contributed by atoms with E-state index in [-0.39, 0.29) is 48.1 Å². The Morgan fingerprint density at radius 1 is 1.00 bits per heavy atom. The molecule has 1 heterocycles. The van der Waals surface area contributed by atoms with Crippen molar-refractivity contribution < 1.29 is 14.4 Å². The van der Waals surface area contributed by atoms with E-state index in [1.807, 2.05) is 13.0 Å². The molecule has 3 fully saturated rings. The van der Waals surface area contributed by atoms with E-state index in [0.717, 1.165) is 12.0 Å². The van der Waals surface area contributed by atoms with Gasteiger partial charge in [0, 0.05) is 5.02 Å². The second-order valence-electron chi connectivity index (χ2n) is 9.54. The Kier molecular flexibility index (Phi) is 4.72. The maximum Gasteiger partial charge on any atom is 0.261 e. The van der Waals surface area contributed by atoms with Gasteiger partial charge in [0.25, 0.3) is 5.91 Å². The largest absolute Gasteiger partial charge is 0.289 e. The third kappa shape index (κ3) is 3.09. The van der Waals surface area contributed by atoms with Gasteiger partial charge in [-0.1, -0.05) is 53.6 Å². The van der Waals surface area contributed by atoms with Gasteiger partial charge < -0.3 is 0 Å². The first-order valence-electron chi connectivity index (χ1n) is 11.2. The van der Waals surface area contributed by atoms with Crippen molar-refractivity contribution in [2.24, 2.45) is 35.5 Å². The Hall–Kier alpha value is -2.63. The Morgan fingerprint density at radius 2 is 1.64 bits per heavy atom. The molecule has 2 saturated carbocycles. The van der Waals surface area contributed by atoms with Crippen molar-refractivity contribution in [3.8, 4) is 0 Å². The topological polar surface area (TPSA) is 57.7 Å². The number of hydrogen-bond acceptors (Lipinski definition) is 3. The highest BCUT2D eigenvalue weighted by Crippen LogP contribution is 2.65. The molecule has 33 heavy (non-hydrogen) atoms. The summed E-state index contributed by atoms with van der Waals surface area (Å²) in [5.74, 6) is -0.0480. The summed E-state index contributed by atoms with van der Waals surface area (Å²) in [6.45, 7) is 1.70. The van der Waals surface area contributed by atoms with E-state index in [9.17, 15) is 14.4 Å². The smallest absolute Gasteiger partial charge is 0.261 e. The summed E-state index contributed by atoms with van der Waals surface area (Å²) < 4.78 is 0. The molecule has 0 spiro atoms. The SMILES string of the molecule is Cc1ccc(Cl)cc1N(CN1C(=O)C2C3C=CC(C4CC34)C2C1=O)C(=O)c1ccccc1Cl. The minimum absolute atomic E-state index is 0.132. The molecule has 7 heteroatoms. The highest BCUT2D eigenvalue weighted by molar-refractivity contribution is 6.34. The fraction of sp³-hybridized carbons (Fsp3) is 0.346. The van der Waals surface area contributed by atoms with Crippen molar-refractivity contribution in [2.75, 3.05) is 11.6 Å². The predicted octanol–water partition coefficient (Wildman–Crippen LogP) is 4.96. The van der Waals surface area contributed by atoms with E-state index in [4.69, 9.17) is 23.2 Å². The summed E-state index contributed by atoms with van der Waals surface area (Å²) in [6, 6.07) is 12.0. The summed E-state index contributed by atoms with van der Waals surface area (Å²) in [4.78, 5) is 43.5.